The molecule has 1 rings (SSSR count). The Labute approximate surface area is 115 Å². The smallest absolute Gasteiger partial charge is 0.242 e. The van der Waals surface area contributed by atoms with Gasteiger partial charge in [0.1, 0.15) is 0 Å². The minimum absolute atomic E-state index is 0.232. The fourth-order valence-electron chi connectivity index (χ4n) is 1.66. The van der Waals surface area contributed by atoms with E-state index in [0.717, 1.165) is 5.69 Å². The first-order chi connectivity index (χ1) is 8.80. The van der Waals surface area contributed by atoms with Crippen molar-refractivity contribution in [3.63, 3.8) is 0 Å². The van der Waals surface area contributed by atoms with Crippen molar-refractivity contribution in [2.45, 2.75) is 37.8 Å². The summed E-state index contributed by atoms with van der Waals surface area (Å²) in [5, 5.41) is 2.96. The van der Waals surface area contributed by atoms with Gasteiger partial charge in [-0.1, -0.05) is 0 Å². The van der Waals surface area contributed by atoms with Crippen molar-refractivity contribution in [1.82, 2.24) is 15.0 Å². The lowest BCUT2D eigenvalue weighted by molar-refractivity contribution is -0.00515. The number of rotatable bonds is 8. The molecule has 0 atom stereocenters. The van der Waals surface area contributed by atoms with E-state index in [-0.39, 0.29) is 11.4 Å². The maximum Gasteiger partial charge on any atom is 0.242 e. The summed E-state index contributed by atoms with van der Waals surface area (Å²) in [5.41, 5.74) is 0.304. The van der Waals surface area contributed by atoms with E-state index in [9.17, 15) is 8.42 Å². The van der Waals surface area contributed by atoms with E-state index < -0.39 is 15.6 Å². The lowest BCUT2D eigenvalue weighted by atomic mass is 10.1. The lowest BCUT2D eigenvalue weighted by Gasteiger charge is -2.24. The lowest BCUT2D eigenvalue weighted by Crippen LogP contribution is -2.40. The zero-order chi connectivity index (χ0) is 14.5. The molecule has 0 aliphatic heterocycles. The van der Waals surface area contributed by atoms with Gasteiger partial charge in [-0.3, -0.25) is 0 Å². The van der Waals surface area contributed by atoms with Gasteiger partial charge in [0.25, 0.3) is 0 Å². The predicted molar refractivity (Wildman–Crippen MR) is 74.4 cm³/mol. The van der Waals surface area contributed by atoms with E-state index in [2.05, 4.69) is 15.0 Å². The Morgan fingerprint density at radius 3 is 2.68 bits per heavy atom. The summed E-state index contributed by atoms with van der Waals surface area (Å²) in [4.78, 5) is 3.16. The molecule has 3 N–H and O–H groups in total. The molecule has 0 unspecified atom stereocenters. The Morgan fingerprint density at radius 2 is 2.11 bits per heavy atom. The molecular formula is C12H23N3O3S. The Balaban J connectivity index is 2.70. The van der Waals surface area contributed by atoms with Gasteiger partial charge in [0.15, 0.2) is 0 Å². The van der Waals surface area contributed by atoms with Gasteiger partial charge in [0, 0.05) is 31.6 Å². The van der Waals surface area contributed by atoms with Crippen LogP contribution >= 0.6 is 0 Å². The van der Waals surface area contributed by atoms with Crippen molar-refractivity contribution < 1.29 is 13.2 Å². The first kappa shape index (κ1) is 16.2. The van der Waals surface area contributed by atoms with E-state index >= 15 is 0 Å². The molecule has 110 valence electrons. The summed E-state index contributed by atoms with van der Waals surface area (Å²) in [6.45, 7) is 6.96. The highest BCUT2D eigenvalue weighted by Gasteiger charge is 2.23. The van der Waals surface area contributed by atoms with Crippen LogP contribution in [-0.2, 0) is 21.3 Å². The molecule has 6 nitrogen and oxygen atoms in total. The molecule has 0 bridgehead atoms. The van der Waals surface area contributed by atoms with Gasteiger partial charge in [-0.2, -0.15) is 0 Å². The molecule has 7 heteroatoms. The number of aromatic amines is 1. The van der Waals surface area contributed by atoms with Gasteiger partial charge in [-0.05, 0) is 33.9 Å². The maximum atomic E-state index is 12.1. The van der Waals surface area contributed by atoms with Crippen LogP contribution in [0.4, 0.5) is 0 Å². The SMILES string of the molecule is CCOC(C)(C)CNS(=O)(=O)c1c[nH]c(CNC)c1. The fourth-order valence-corrected chi connectivity index (χ4v) is 2.88. The summed E-state index contributed by atoms with van der Waals surface area (Å²) in [5.74, 6) is 0. The Kier molecular flexibility index (Phi) is 5.54. The van der Waals surface area contributed by atoms with Crippen LogP contribution in [-0.4, -0.2) is 39.2 Å². The number of hydrogen-bond acceptors (Lipinski definition) is 4. The van der Waals surface area contributed by atoms with Gasteiger partial charge in [0.2, 0.25) is 10.0 Å². The summed E-state index contributed by atoms with van der Waals surface area (Å²) < 4.78 is 32.2. The quantitative estimate of drug-likeness (QED) is 0.662. The molecule has 0 spiro atoms. The maximum absolute atomic E-state index is 12.1. The average molecular weight is 289 g/mol. The van der Waals surface area contributed by atoms with E-state index in [1.165, 1.54) is 6.20 Å². The minimum atomic E-state index is -3.50. The van der Waals surface area contributed by atoms with Crippen molar-refractivity contribution in [3.05, 3.63) is 18.0 Å². The molecule has 0 aliphatic rings. The Bertz CT molecular complexity index is 494. The molecule has 19 heavy (non-hydrogen) atoms. The zero-order valence-corrected chi connectivity index (χ0v) is 12.7. The van der Waals surface area contributed by atoms with Crippen LogP contribution in [0.2, 0.25) is 0 Å². The van der Waals surface area contributed by atoms with Gasteiger partial charge >= 0.3 is 0 Å². The molecule has 0 radical (unpaired) electrons. The van der Waals surface area contributed by atoms with Crippen molar-refractivity contribution in [3.8, 4) is 0 Å². The average Bonchev–Trinajstić information content (AvgIpc) is 2.77. The first-order valence-electron chi connectivity index (χ1n) is 6.26. The first-order valence-corrected chi connectivity index (χ1v) is 7.74. The number of H-pyrrole nitrogens is 1. The van der Waals surface area contributed by atoms with E-state index in [1.54, 1.807) is 13.1 Å². The summed E-state index contributed by atoms with van der Waals surface area (Å²) >= 11 is 0. The van der Waals surface area contributed by atoms with Gasteiger partial charge in [-0.25, -0.2) is 13.1 Å². The van der Waals surface area contributed by atoms with Crippen LogP contribution in [0.1, 0.15) is 26.5 Å². The number of ether oxygens (including phenoxy) is 1. The highest BCUT2D eigenvalue weighted by atomic mass is 32.2. The number of sulfonamides is 1. The molecular weight excluding hydrogens is 266 g/mol. The van der Waals surface area contributed by atoms with Gasteiger partial charge < -0.3 is 15.0 Å². The fraction of sp³-hybridized carbons (Fsp3) is 0.667. The normalized spacial score (nSPS) is 12.8. The van der Waals surface area contributed by atoms with Crippen LogP contribution in [0.25, 0.3) is 0 Å². The summed E-state index contributed by atoms with van der Waals surface area (Å²) in [6, 6.07) is 1.62. The molecule has 0 aromatic carbocycles. The molecule has 0 saturated carbocycles. The predicted octanol–water partition coefficient (Wildman–Crippen LogP) is 0.828. The topological polar surface area (TPSA) is 83.2 Å². The molecule has 1 aromatic heterocycles. The van der Waals surface area contributed by atoms with Crippen molar-refractivity contribution in [1.29, 1.82) is 0 Å². The third-order valence-electron chi connectivity index (χ3n) is 2.62. The largest absolute Gasteiger partial charge is 0.375 e. The molecule has 0 saturated heterocycles. The van der Waals surface area contributed by atoms with Gasteiger partial charge in [-0.15, -0.1) is 0 Å². The highest BCUT2D eigenvalue weighted by molar-refractivity contribution is 7.89. The second kappa shape index (κ2) is 6.51. The molecule has 0 amide bonds. The molecule has 0 fully saturated rings. The molecule has 1 heterocycles. The second-order valence-corrected chi connectivity index (χ2v) is 6.68. The monoisotopic (exact) mass is 289 g/mol. The highest BCUT2D eigenvalue weighted by Crippen LogP contribution is 2.13. The second-order valence-electron chi connectivity index (χ2n) is 4.91. The van der Waals surface area contributed by atoms with Crippen LogP contribution < -0.4 is 10.0 Å². The van der Waals surface area contributed by atoms with Crippen LogP contribution in [0.5, 0.6) is 0 Å². The molecule has 1 aromatic rings. The van der Waals surface area contributed by atoms with Gasteiger partial charge in [0.05, 0.1) is 10.5 Å². The summed E-state index contributed by atoms with van der Waals surface area (Å²) in [7, 11) is -1.69. The Hall–Kier alpha value is -0.890. The van der Waals surface area contributed by atoms with Crippen LogP contribution in [0.15, 0.2) is 17.2 Å². The third-order valence-corrected chi connectivity index (χ3v) is 4.00. The van der Waals surface area contributed by atoms with Crippen LogP contribution in [0, 0.1) is 0 Å². The van der Waals surface area contributed by atoms with Crippen molar-refractivity contribution >= 4 is 10.0 Å². The third kappa shape index (κ3) is 4.94. The van der Waals surface area contributed by atoms with E-state index in [4.69, 9.17) is 4.74 Å². The van der Waals surface area contributed by atoms with Crippen LogP contribution in [0.3, 0.4) is 0 Å². The number of nitrogens with one attached hydrogen (secondary N) is 3. The number of aromatic nitrogens is 1. The standard InChI is InChI=1S/C12H23N3O3S/c1-5-18-12(2,3)9-15-19(16,17)11-6-10(7-13-4)14-8-11/h6,8,13-15H,5,7,9H2,1-4H3. The Morgan fingerprint density at radius 1 is 1.42 bits per heavy atom. The summed E-state index contributed by atoms with van der Waals surface area (Å²) in [6.07, 6.45) is 1.49. The van der Waals surface area contributed by atoms with E-state index in [1.807, 2.05) is 20.8 Å². The van der Waals surface area contributed by atoms with Crippen molar-refractivity contribution in [2.75, 3.05) is 20.2 Å². The zero-order valence-electron chi connectivity index (χ0n) is 11.9. The van der Waals surface area contributed by atoms with E-state index in [0.29, 0.717) is 13.2 Å². The number of hydrogen-bond donors (Lipinski definition) is 3. The molecule has 0 aliphatic carbocycles. The van der Waals surface area contributed by atoms with Crippen molar-refractivity contribution in [2.24, 2.45) is 0 Å². The minimum Gasteiger partial charge on any atom is -0.375 e.